The van der Waals surface area contributed by atoms with Crippen LogP contribution >= 0.6 is 11.6 Å². The molecule has 5 nitrogen and oxygen atoms in total. The summed E-state index contributed by atoms with van der Waals surface area (Å²) in [7, 11) is 0. The van der Waals surface area contributed by atoms with Crippen molar-refractivity contribution < 1.29 is 9.53 Å². The van der Waals surface area contributed by atoms with Gasteiger partial charge in [-0.15, -0.1) is 0 Å². The summed E-state index contributed by atoms with van der Waals surface area (Å²) in [6, 6.07) is 14.9. The highest BCUT2D eigenvalue weighted by Gasteiger charge is 2.18. The third-order valence-corrected chi connectivity index (χ3v) is 4.20. The number of amides is 1. The van der Waals surface area contributed by atoms with Crippen molar-refractivity contribution in [3.05, 3.63) is 77.8 Å². The molecule has 0 bridgehead atoms. The van der Waals surface area contributed by atoms with E-state index in [1.165, 1.54) is 0 Å². The molecule has 0 aliphatic heterocycles. The largest absolute Gasteiger partial charge is 0.481 e. The minimum Gasteiger partial charge on any atom is -0.481 e. The molecule has 0 aliphatic rings. The molecule has 1 N–H and O–H groups in total. The fourth-order valence-corrected chi connectivity index (χ4v) is 2.82. The summed E-state index contributed by atoms with van der Waals surface area (Å²) in [6.45, 7) is 2.32. The molecule has 2 aromatic carbocycles. The van der Waals surface area contributed by atoms with Crippen LogP contribution in [0.4, 0.5) is 0 Å². The van der Waals surface area contributed by atoms with Gasteiger partial charge in [-0.2, -0.15) is 0 Å². The first kappa shape index (κ1) is 18.0. The zero-order valence-electron chi connectivity index (χ0n) is 14.4. The van der Waals surface area contributed by atoms with Gasteiger partial charge in [0, 0.05) is 24.0 Å². The van der Waals surface area contributed by atoms with Crippen LogP contribution in [0.3, 0.4) is 0 Å². The topological polar surface area (TPSA) is 56.1 Å². The van der Waals surface area contributed by atoms with Crippen LogP contribution in [0.1, 0.15) is 18.9 Å². The van der Waals surface area contributed by atoms with Gasteiger partial charge in [0.15, 0.2) is 6.10 Å². The van der Waals surface area contributed by atoms with E-state index in [-0.39, 0.29) is 5.91 Å². The lowest BCUT2D eigenvalue weighted by Gasteiger charge is -2.18. The van der Waals surface area contributed by atoms with Crippen LogP contribution in [0.2, 0.25) is 5.02 Å². The van der Waals surface area contributed by atoms with Crippen LogP contribution in [-0.4, -0.2) is 21.6 Å². The Hall–Kier alpha value is -2.79. The number of ether oxygens (including phenoxy) is 1. The number of nitrogens with zero attached hydrogens (tertiary/aromatic N) is 2. The Morgan fingerprint density at radius 1 is 1.27 bits per heavy atom. The average molecular weight is 370 g/mol. The molecule has 3 rings (SSSR count). The van der Waals surface area contributed by atoms with Gasteiger partial charge in [0.2, 0.25) is 0 Å². The molecule has 1 heterocycles. The van der Waals surface area contributed by atoms with Gasteiger partial charge in [0.1, 0.15) is 5.75 Å². The van der Waals surface area contributed by atoms with Crippen molar-refractivity contribution in [2.24, 2.45) is 0 Å². The van der Waals surface area contributed by atoms with E-state index in [0.29, 0.717) is 23.7 Å². The lowest BCUT2D eigenvalue weighted by atomic mass is 10.1. The van der Waals surface area contributed by atoms with Crippen LogP contribution in [0, 0.1) is 0 Å². The van der Waals surface area contributed by atoms with Crippen LogP contribution in [0.15, 0.2) is 67.3 Å². The van der Waals surface area contributed by atoms with E-state index < -0.39 is 6.10 Å². The number of carbonyl (C=O) groups excluding carboxylic acids is 1. The van der Waals surface area contributed by atoms with Gasteiger partial charge in [-0.25, -0.2) is 4.98 Å². The maximum atomic E-state index is 12.5. The molecule has 1 atom stereocenters. The fraction of sp³-hybridized carbons (Fsp3) is 0.200. The van der Waals surface area contributed by atoms with Crippen molar-refractivity contribution in [2.45, 2.75) is 26.0 Å². The summed E-state index contributed by atoms with van der Waals surface area (Å²) in [6.07, 6.45) is 5.31. The number of benzene rings is 2. The molecular weight excluding hydrogens is 350 g/mol. The molecule has 0 aliphatic carbocycles. The third kappa shape index (κ3) is 4.43. The average Bonchev–Trinajstić information content (AvgIpc) is 3.19. The van der Waals surface area contributed by atoms with Gasteiger partial charge in [0.05, 0.1) is 12.0 Å². The lowest BCUT2D eigenvalue weighted by Crippen LogP contribution is -2.37. The van der Waals surface area contributed by atoms with Crippen molar-refractivity contribution >= 4 is 17.5 Å². The van der Waals surface area contributed by atoms with Crippen LogP contribution in [0.25, 0.3) is 5.69 Å². The van der Waals surface area contributed by atoms with Crippen molar-refractivity contribution in [2.75, 3.05) is 0 Å². The Labute approximate surface area is 157 Å². The molecule has 134 valence electrons. The molecule has 26 heavy (non-hydrogen) atoms. The number of halogens is 1. The monoisotopic (exact) mass is 369 g/mol. The summed E-state index contributed by atoms with van der Waals surface area (Å²) < 4.78 is 7.70. The second-order valence-electron chi connectivity index (χ2n) is 5.79. The van der Waals surface area contributed by atoms with Gasteiger partial charge >= 0.3 is 0 Å². The number of carbonyl (C=O) groups is 1. The van der Waals surface area contributed by atoms with Gasteiger partial charge < -0.3 is 14.6 Å². The van der Waals surface area contributed by atoms with Crippen LogP contribution < -0.4 is 10.1 Å². The molecular formula is C20H20ClN3O2. The first-order valence-corrected chi connectivity index (χ1v) is 8.81. The second-order valence-corrected chi connectivity index (χ2v) is 6.23. The van der Waals surface area contributed by atoms with E-state index in [1.54, 1.807) is 36.8 Å². The van der Waals surface area contributed by atoms with E-state index >= 15 is 0 Å². The van der Waals surface area contributed by atoms with E-state index in [9.17, 15) is 4.79 Å². The third-order valence-electron chi connectivity index (χ3n) is 3.96. The summed E-state index contributed by atoms with van der Waals surface area (Å²) in [5.41, 5.74) is 1.98. The molecule has 0 saturated heterocycles. The molecule has 3 aromatic rings. The van der Waals surface area contributed by atoms with Crippen LogP contribution in [0.5, 0.6) is 5.75 Å². The van der Waals surface area contributed by atoms with Gasteiger partial charge in [-0.1, -0.05) is 42.8 Å². The first-order valence-electron chi connectivity index (χ1n) is 8.43. The number of hydrogen-bond donors (Lipinski definition) is 1. The normalized spacial score (nSPS) is 11.8. The van der Waals surface area contributed by atoms with Crippen molar-refractivity contribution in [1.29, 1.82) is 0 Å². The molecule has 1 amide bonds. The SMILES string of the molecule is CC[C@H](Oc1cccc(Cl)c1)C(=O)NCc1ccccc1-n1ccnc1. The van der Waals surface area contributed by atoms with Crippen molar-refractivity contribution in [1.82, 2.24) is 14.9 Å². The highest BCUT2D eigenvalue weighted by molar-refractivity contribution is 6.30. The van der Waals surface area contributed by atoms with Crippen molar-refractivity contribution in [3.63, 3.8) is 0 Å². The predicted molar refractivity (Wildman–Crippen MR) is 102 cm³/mol. The number of para-hydroxylation sites is 1. The van der Waals surface area contributed by atoms with E-state index in [4.69, 9.17) is 16.3 Å². The Morgan fingerprint density at radius 3 is 2.85 bits per heavy atom. The van der Waals surface area contributed by atoms with Crippen molar-refractivity contribution in [3.8, 4) is 11.4 Å². The van der Waals surface area contributed by atoms with Gasteiger partial charge in [-0.05, 0) is 36.2 Å². The summed E-state index contributed by atoms with van der Waals surface area (Å²) >= 11 is 5.97. The molecule has 0 spiro atoms. The highest BCUT2D eigenvalue weighted by atomic mass is 35.5. The summed E-state index contributed by atoms with van der Waals surface area (Å²) in [5.74, 6) is 0.422. The zero-order valence-corrected chi connectivity index (χ0v) is 15.2. The second kappa shape index (κ2) is 8.54. The van der Waals surface area contributed by atoms with Gasteiger partial charge in [-0.3, -0.25) is 4.79 Å². The molecule has 0 saturated carbocycles. The minimum absolute atomic E-state index is 0.159. The first-order chi connectivity index (χ1) is 12.7. The summed E-state index contributed by atoms with van der Waals surface area (Å²) in [5, 5.41) is 3.53. The highest BCUT2D eigenvalue weighted by Crippen LogP contribution is 2.19. The fourth-order valence-electron chi connectivity index (χ4n) is 2.64. The summed E-state index contributed by atoms with van der Waals surface area (Å²) in [4.78, 5) is 16.6. The predicted octanol–water partition coefficient (Wildman–Crippen LogP) is 4.00. The van der Waals surface area contributed by atoms with E-state index in [1.807, 2.05) is 42.0 Å². The zero-order chi connectivity index (χ0) is 18.4. The molecule has 1 aromatic heterocycles. The number of rotatable bonds is 7. The molecule has 6 heteroatoms. The number of imidazole rings is 1. The Bertz CT molecular complexity index is 865. The van der Waals surface area contributed by atoms with E-state index in [0.717, 1.165) is 11.3 Å². The Morgan fingerprint density at radius 2 is 2.12 bits per heavy atom. The molecule has 0 fully saturated rings. The van der Waals surface area contributed by atoms with E-state index in [2.05, 4.69) is 10.3 Å². The smallest absolute Gasteiger partial charge is 0.261 e. The quantitative estimate of drug-likeness (QED) is 0.684. The number of hydrogen-bond acceptors (Lipinski definition) is 3. The Kier molecular flexibility index (Phi) is 5.92. The maximum Gasteiger partial charge on any atom is 0.261 e. The minimum atomic E-state index is -0.575. The van der Waals surface area contributed by atoms with Gasteiger partial charge in [0.25, 0.3) is 5.91 Å². The molecule has 0 radical (unpaired) electrons. The number of nitrogens with one attached hydrogen (secondary N) is 1. The number of aromatic nitrogens is 2. The lowest BCUT2D eigenvalue weighted by molar-refractivity contribution is -0.128. The molecule has 0 unspecified atom stereocenters. The van der Waals surface area contributed by atoms with Crippen LogP contribution in [-0.2, 0) is 11.3 Å². The maximum absolute atomic E-state index is 12.5. The standard InChI is InChI=1S/C20H20ClN3O2/c1-2-19(26-17-8-5-7-16(21)12-17)20(25)23-13-15-6-3-4-9-18(15)24-11-10-22-14-24/h3-12,14,19H,2,13H2,1H3,(H,23,25)/t19-/m0/s1. The Balaban J connectivity index is 1.66.